The van der Waals surface area contributed by atoms with Crippen molar-refractivity contribution >= 4 is 21.9 Å². The van der Waals surface area contributed by atoms with Crippen molar-refractivity contribution in [1.82, 2.24) is 5.32 Å². The van der Waals surface area contributed by atoms with Crippen LogP contribution in [0.5, 0.6) is 0 Å². The van der Waals surface area contributed by atoms with Gasteiger partial charge in [-0.1, -0.05) is 46.3 Å². The third-order valence-corrected chi connectivity index (χ3v) is 3.48. The van der Waals surface area contributed by atoms with Gasteiger partial charge in [0.25, 0.3) is 0 Å². The molecular weight excluding hydrogens is 333 g/mol. The monoisotopic (exact) mass is 349 g/mol. The summed E-state index contributed by atoms with van der Waals surface area (Å²) in [7, 11) is 0. The second kappa shape index (κ2) is 7.78. The van der Waals surface area contributed by atoms with Crippen LogP contribution in [0.15, 0.2) is 58.0 Å². The quantitative estimate of drug-likeness (QED) is 0.643. The smallest absolute Gasteiger partial charge is 0.188 e. The maximum Gasteiger partial charge on any atom is 0.188 e. The van der Waals surface area contributed by atoms with Gasteiger partial charge >= 0.3 is 0 Å². The highest BCUT2D eigenvalue weighted by atomic mass is 79.9. The maximum atomic E-state index is 13.5. The number of hydrogen-bond acceptors (Lipinski definition) is 1. The van der Waals surface area contributed by atoms with Gasteiger partial charge in [0, 0.05) is 16.6 Å². The molecule has 0 amide bonds. The van der Waals surface area contributed by atoms with Crippen molar-refractivity contribution in [3.63, 3.8) is 0 Å². The van der Waals surface area contributed by atoms with Crippen molar-refractivity contribution in [2.75, 3.05) is 6.54 Å². The van der Waals surface area contributed by atoms with Crippen molar-refractivity contribution in [3.05, 3.63) is 69.9 Å². The molecule has 0 radical (unpaired) electrons. The molecule has 5 heteroatoms. The van der Waals surface area contributed by atoms with Gasteiger partial charge in [0.1, 0.15) is 5.82 Å². The van der Waals surface area contributed by atoms with Crippen LogP contribution >= 0.6 is 15.9 Å². The summed E-state index contributed by atoms with van der Waals surface area (Å²) in [5.74, 6) is 0.0457. The molecule has 0 saturated heterocycles. The summed E-state index contributed by atoms with van der Waals surface area (Å²) in [4.78, 5) is 4.15. The van der Waals surface area contributed by atoms with Crippen LogP contribution in [0, 0.1) is 5.82 Å². The normalized spacial score (nSPS) is 11.4. The number of nitrogens with two attached hydrogens (primary N) is 1. The average Bonchev–Trinajstić information content (AvgIpc) is 2.49. The van der Waals surface area contributed by atoms with E-state index >= 15 is 0 Å². The minimum atomic E-state index is -0.279. The number of aliphatic imine (C=N–C) groups is 1. The Labute approximate surface area is 132 Å². The molecule has 3 nitrogen and oxygen atoms in total. The van der Waals surface area contributed by atoms with Gasteiger partial charge in [0.15, 0.2) is 5.96 Å². The highest BCUT2D eigenvalue weighted by molar-refractivity contribution is 9.10. The molecule has 2 aromatic carbocycles. The van der Waals surface area contributed by atoms with E-state index in [0.717, 1.165) is 10.9 Å². The van der Waals surface area contributed by atoms with Gasteiger partial charge in [-0.3, -0.25) is 0 Å². The molecular formula is C16H17BrFN3. The Morgan fingerprint density at radius 3 is 2.71 bits per heavy atom. The van der Waals surface area contributed by atoms with Gasteiger partial charge in [-0.2, -0.15) is 0 Å². The predicted octanol–water partition coefficient (Wildman–Crippen LogP) is 3.24. The summed E-state index contributed by atoms with van der Waals surface area (Å²) >= 11 is 3.31. The van der Waals surface area contributed by atoms with E-state index in [4.69, 9.17) is 5.73 Å². The molecule has 0 aliphatic carbocycles. The molecule has 0 aliphatic rings. The summed E-state index contributed by atoms with van der Waals surface area (Å²) in [6, 6.07) is 14.9. The summed E-state index contributed by atoms with van der Waals surface area (Å²) < 4.78 is 14.4. The SMILES string of the molecule is NC(=NCc1cc(Br)ccc1F)NCCc1ccccc1. The third-order valence-electron chi connectivity index (χ3n) is 2.99. The van der Waals surface area contributed by atoms with Crippen LogP contribution in [0.1, 0.15) is 11.1 Å². The highest BCUT2D eigenvalue weighted by Crippen LogP contribution is 2.16. The van der Waals surface area contributed by atoms with E-state index in [-0.39, 0.29) is 12.4 Å². The molecule has 0 heterocycles. The van der Waals surface area contributed by atoms with E-state index in [1.807, 2.05) is 18.2 Å². The topological polar surface area (TPSA) is 50.4 Å². The standard InChI is InChI=1S/C16H17BrFN3/c17-14-6-7-15(18)13(10-14)11-21-16(19)20-9-8-12-4-2-1-3-5-12/h1-7,10H,8-9,11H2,(H3,19,20,21). The first kappa shape index (κ1) is 15.5. The summed E-state index contributed by atoms with van der Waals surface area (Å²) in [5.41, 5.74) is 7.52. The van der Waals surface area contributed by atoms with Crippen molar-refractivity contribution in [2.24, 2.45) is 10.7 Å². The number of halogens is 2. The second-order valence-corrected chi connectivity index (χ2v) is 5.52. The molecule has 2 aromatic rings. The van der Waals surface area contributed by atoms with E-state index in [2.05, 4.69) is 38.4 Å². The molecule has 0 aromatic heterocycles. The lowest BCUT2D eigenvalue weighted by molar-refractivity contribution is 0.610. The predicted molar refractivity (Wildman–Crippen MR) is 87.6 cm³/mol. The number of rotatable bonds is 5. The molecule has 0 bridgehead atoms. The minimum absolute atomic E-state index is 0.218. The number of benzene rings is 2. The third kappa shape index (κ3) is 5.19. The highest BCUT2D eigenvalue weighted by Gasteiger charge is 2.02. The Morgan fingerprint density at radius 2 is 1.95 bits per heavy atom. The number of nitrogens with zero attached hydrogens (tertiary/aromatic N) is 1. The number of nitrogens with one attached hydrogen (secondary N) is 1. The minimum Gasteiger partial charge on any atom is -0.370 e. The van der Waals surface area contributed by atoms with E-state index in [0.29, 0.717) is 18.1 Å². The molecule has 0 atom stereocenters. The van der Waals surface area contributed by atoms with Gasteiger partial charge in [-0.25, -0.2) is 9.38 Å². The molecule has 0 fully saturated rings. The molecule has 21 heavy (non-hydrogen) atoms. The zero-order valence-corrected chi connectivity index (χ0v) is 13.1. The first-order chi connectivity index (χ1) is 10.1. The van der Waals surface area contributed by atoms with Gasteiger partial charge in [0.2, 0.25) is 0 Å². The molecule has 3 N–H and O–H groups in total. The van der Waals surface area contributed by atoms with Crippen LogP contribution in [-0.2, 0) is 13.0 Å². The Morgan fingerprint density at radius 1 is 1.19 bits per heavy atom. The molecule has 0 unspecified atom stereocenters. The van der Waals surface area contributed by atoms with Crippen LogP contribution in [0.4, 0.5) is 4.39 Å². The number of guanidine groups is 1. The largest absolute Gasteiger partial charge is 0.370 e. The molecule has 0 spiro atoms. The lowest BCUT2D eigenvalue weighted by Gasteiger charge is -2.06. The molecule has 0 aliphatic heterocycles. The van der Waals surface area contributed by atoms with Crippen LogP contribution < -0.4 is 11.1 Å². The summed E-state index contributed by atoms with van der Waals surface area (Å²) in [6.07, 6.45) is 0.863. The number of hydrogen-bond donors (Lipinski definition) is 2. The van der Waals surface area contributed by atoms with Crippen molar-refractivity contribution in [1.29, 1.82) is 0 Å². The first-order valence-electron chi connectivity index (χ1n) is 6.67. The van der Waals surface area contributed by atoms with Crippen LogP contribution in [0.3, 0.4) is 0 Å². The summed E-state index contributed by atoms with van der Waals surface area (Å²) in [5, 5.41) is 3.03. The zero-order chi connectivity index (χ0) is 15.1. The fourth-order valence-electron chi connectivity index (χ4n) is 1.87. The van der Waals surface area contributed by atoms with Gasteiger partial charge < -0.3 is 11.1 Å². The van der Waals surface area contributed by atoms with Gasteiger partial charge in [0.05, 0.1) is 6.54 Å². The van der Waals surface area contributed by atoms with Crippen molar-refractivity contribution in [2.45, 2.75) is 13.0 Å². The summed E-state index contributed by atoms with van der Waals surface area (Å²) in [6.45, 7) is 0.912. The van der Waals surface area contributed by atoms with Crippen LogP contribution in [-0.4, -0.2) is 12.5 Å². The Hall–Kier alpha value is -1.88. The van der Waals surface area contributed by atoms with Crippen molar-refractivity contribution in [3.8, 4) is 0 Å². The van der Waals surface area contributed by atoms with Gasteiger partial charge in [-0.15, -0.1) is 0 Å². The maximum absolute atomic E-state index is 13.5. The van der Waals surface area contributed by atoms with Crippen LogP contribution in [0.2, 0.25) is 0 Å². The van der Waals surface area contributed by atoms with E-state index in [1.54, 1.807) is 12.1 Å². The van der Waals surface area contributed by atoms with Gasteiger partial charge in [-0.05, 0) is 30.2 Å². The Kier molecular flexibility index (Phi) is 5.75. The Balaban J connectivity index is 1.83. The first-order valence-corrected chi connectivity index (χ1v) is 7.46. The van der Waals surface area contributed by atoms with Crippen LogP contribution in [0.25, 0.3) is 0 Å². The molecule has 110 valence electrons. The fraction of sp³-hybridized carbons (Fsp3) is 0.188. The van der Waals surface area contributed by atoms with E-state index < -0.39 is 0 Å². The molecule has 0 saturated carbocycles. The second-order valence-electron chi connectivity index (χ2n) is 4.60. The lowest BCUT2D eigenvalue weighted by atomic mass is 10.1. The van der Waals surface area contributed by atoms with E-state index in [1.165, 1.54) is 11.6 Å². The van der Waals surface area contributed by atoms with E-state index in [9.17, 15) is 4.39 Å². The Bertz CT molecular complexity index is 614. The lowest BCUT2D eigenvalue weighted by Crippen LogP contribution is -2.33. The molecule has 2 rings (SSSR count). The van der Waals surface area contributed by atoms with Crippen molar-refractivity contribution < 1.29 is 4.39 Å². The fourth-order valence-corrected chi connectivity index (χ4v) is 2.28. The zero-order valence-electron chi connectivity index (χ0n) is 11.5. The average molecular weight is 350 g/mol.